The predicted octanol–water partition coefficient (Wildman–Crippen LogP) is 0.162. The average Bonchev–Trinajstić information content (AvgIpc) is 2.92. The summed E-state index contributed by atoms with van der Waals surface area (Å²) in [5, 5.41) is 21.7. The summed E-state index contributed by atoms with van der Waals surface area (Å²) < 4.78 is 4.77. The highest BCUT2D eigenvalue weighted by atomic mass is 16.5. The van der Waals surface area contributed by atoms with E-state index in [0.29, 0.717) is 0 Å². The molecule has 0 radical (unpaired) electrons. The summed E-state index contributed by atoms with van der Waals surface area (Å²) in [6.45, 7) is 10.1. The fourth-order valence-corrected chi connectivity index (χ4v) is 4.00. The summed E-state index contributed by atoms with van der Waals surface area (Å²) in [6, 6.07) is 4.99. The van der Waals surface area contributed by atoms with Crippen LogP contribution in [0, 0.1) is 11.8 Å². The minimum atomic E-state index is -1.11. The van der Waals surface area contributed by atoms with Crippen LogP contribution in [0.25, 0.3) is 0 Å². The van der Waals surface area contributed by atoms with Crippen LogP contribution in [0.3, 0.4) is 0 Å². The lowest BCUT2D eigenvalue weighted by atomic mass is 9.97. The Bertz CT molecular complexity index is 1020. The van der Waals surface area contributed by atoms with Gasteiger partial charge in [0, 0.05) is 6.42 Å². The number of nitrogens with one attached hydrogen (secondary N) is 4. The fraction of sp³-hybridized carbons (Fsp3) is 0.621. The van der Waals surface area contributed by atoms with Crippen LogP contribution >= 0.6 is 0 Å². The van der Waals surface area contributed by atoms with Gasteiger partial charge in [-0.1, -0.05) is 58.0 Å². The topological polar surface area (TPSA) is 189 Å². The first-order valence-corrected chi connectivity index (χ1v) is 13.9. The largest absolute Gasteiger partial charge is 0.467 e. The lowest BCUT2D eigenvalue weighted by Gasteiger charge is -2.27. The summed E-state index contributed by atoms with van der Waals surface area (Å²) in [5.74, 6) is -3.08. The monoisotopic (exact) mass is 577 g/mol. The Morgan fingerprint density at radius 2 is 1.39 bits per heavy atom. The zero-order chi connectivity index (χ0) is 31.3. The summed E-state index contributed by atoms with van der Waals surface area (Å²) in [7, 11) is 1.24. The fourth-order valence-electron chi connectivity index (χ4n) is 4.00. The Balaban J connectivity index is 2.90. The number of nitrogens with two attached hydrogens (primary N) is 1. The normalized spacial score (nSPS) is 15.6. The molecule has 6 atom stereocenters. The number of hydrogen-bond acceptors (Lipinski definition) is 8. The molecule has 0 spiro atoms. The molecule has 0 saturated carbocycles. The second-order valence-electron chi connectivity index (χ2n) is 11.0. The highest BCUT2D eigenvalue weighted by Gasteiger charge is 2.31. The average molecular weight is 578 g/mol. The molecule has 4 amide bonds. The number of benzene rings is 1. The van der Waals surface area contributed by atoms with Gasteiger partial charge in [0.25, 0.3) is 0 Å². The van der Waals surface area contributed by atoms with E-state index in [-0.39, 0.29) is 31.1 Å². The molecule has 41 heavy (non-hydrogen) atoms. The molecule has 0 aliphatic carbocycles. The maximum Gasteiger partial charge on any atom is 0.328 e. The molecular weight excluding hydrogens is 530 g/mol. The molecule has 12 heteroatoms. The number of methoxy groups -OCH3 is 1. The summed E-state index contributed by atoms with van der Waals surface area (Å²) >= 11 is 0. The molecule has 0 bridgehead atoms. The van der Waals surface area contributed by atoms with E-state index in [1.54, 1.807) is 27.7 Å². The molecular formula is C29H47N5O7. The number of carbonyl (C=O) groups is 5. The van der Waals surface area contributed by atoms with Gasteiger partial charge in [-0.2, -0.15) is 0 Å². The molecule has 1 rings (SSSR count). The SMILES string of the molecule is COC(=O)[C@H](NC(=O)[C@H](NC(=O)CCC(O)[C@H](Cc1ccccc1)NC(=O)[C@H](C)NC(=O)[C@H](C)N)C(C)C)C(C)C. The first-order valence-electron chi connectivity index (χ1n) is 13.9. The summed E-state index contributed by atoms with van der Waals surface area (Å²) in [6.07, 6.45) is -0.963. The van der Waals surface area contributed by atoms with E-state index in [0.717, 1.165) is 5.56 Å². The molecule has 0 aromatic heterocycles. The van der Waals surface area contributed by atoms with Crippen LogP contribution in [0.1, 0.15) is 59.9 Å². The van der Waals surface area contributed by atoms with Gasteiger partial charge in [-0.3, -0.25) is 19.2 Å². The van der Waals surface area contributed by atoms with Crippen molar-refractivity contribution in [1.29, 1.82) is 0 Å². The summed E-state index contributed by atoms with van der Waals surface area (Å²) in [5.41, 5.74) is 6.42. The molecule has 1 aromatic carbocycles. The first kappa shape index (κ1) is 35.5. The lowest BCUT2D eigenvalue weighted by Crippen LogP contribution is -2.55. The van der Waals surface area contributed by atoms with Crippen LogP contribution in [0.15, 0.2) is 30.3 Å². The first-order chi connectivity index (χ1) is 19.2. The van der Waals surface area contributed by atoms with Crippen LogP contribution in [0.4, 0.5) is 0 Å². The van der Waals surface area contributed by atoms with Crippen molar-refractivity contribution in [3.05, 3.63) is 35.9 Å². The standard InChI is InChI=1S/C29H47N5O7/c1-16(2)24(28(39)34-25(17(3)4)29(40)41-7)33-23(36)14-13-22(35)21(15-20-11-9-8-10-12-20)32-27(38)19(6)31-26(37)18(5)30/h8-12,16-19,21-22,24-25,35H,13-15,30H2,1-7H3,(H,31,37)(H,32,38)(H,33,36)(H,34,39)/t18-,19-,21-,22?,24+,25+/m0/s1. The Hall–Kier alpha value is -3.51. The van der Waals surface area contributed by atoms with Gasteiger partial charge in [0.15, 0.2) is 0 Å². The number of aliphatic hydroxyl groups excluding tert-OH is 1. The molecule has 1 aromatic rings. The predicted molar refractivity (Wildman–Crippen MR) is 154 cm³/mol. The van der Waals surface area contributed by atoms with Crippen molar-refractivity contribution in [3.63, 3.8) is 0 Å². The van der Waals surface area contributed by atoms with Crippen molar-refractivity contribution < 1.29 is 33.8 Å². The number of hydrogen-bond donors (Lipinski definition) is 6. The Morgan fingerprint density at radius 1 is 0.805 bits per heavy atom. The zero-order valence-corrected chi connectivity index (χ0v) is 25.1. The highest BCUT2D eigenvalue weighted by molar-refractivity contribution is 5.91. The maximum atomic E-state index is 12.9. The quantitative estimate of drug-likeness (QED) is 0.150. The minimum absolute atomic E-state index is 0.00655. The molecule has 12 nitrogen and oxygen atoms in total. The van der Waals surface area contributed by atoms with Gasteiger partial charge >= 0.3 is 5.97 Å². The molecule has 1 unspecified atom stereocenters. The van der Waals surface area contributed by atoms with E-state index >= 15 is 0 Å². The van der Waals surface area contributed by atoms with Crippen LogP contribution in [0.2, 0.25) is 0 Å². The van der Waals surface area contributed by atoms with E-state index in [2.05, 4.69) is 21.3 Å². The van der Waals surface area contributed by atoms with Crippen molar-refractivity contribution in [2.24, 2.45) is 17.6 Å². The van der Waals surface area contributed by atoms with Crippen LogP contribution < -0.4 is 27.0 Å². The molecule has 0 fully saturated rings. The number of amides is 4. The van der Waals surface area contributed by atoms with Gasteiger partial charge in [0.2, 0.25) is 23.6 Å². The van der Waals surface area contributed by atoms with Crippen molar-refractivity contribution in [1.82, 2.24) is 21.3 Å². The second kappa shape index (κ2) is 17.3. The van der Waals surface area contributed by atoms with Crippen molar-refractivity contribution >= 4 is 29.6 Å². The van der Waals surface area contributed by atoms with E-state index in [4.69, 9.17) is 10.5 Å². The van der Waals surface area contributed by atoms with Crippen molar-refractivity contribution in [2.45, 2.75) is 97.1 Å². The van der Waals surface area contributed by atoms with E-state index in [1.807, 2.05) is 30.3 Å². The smallest absolute Gasteiger partial charge is 0.328 e. The van der Waals surface area contributed by atoms with Gasteiger partial charge in [-0.25, -0.2) is 4.79 Å². The molecule has 0 heterocycles. The third kappa shape index (κ3) is 12.3. The Labute approximate surface area is 242 Å². The maximum absolute atomic E-state index is 12.9. The van der Waals surface area contributed by atoms with Crippen molar-refractivity contribution in [2.75, 3.05) is 7.11 Å². The number of esters is 1. The number of rotatable bonds is 16. The number of carbonyl (C=O) groups excluding carboxylic acids is 5. The van der Waals surface area contributed by atoms with Gasteiger partial charge in [0.05, 0.1) is 25.3 Å². The number of aliphatic hydroxyl groups is 1. The molecule has 0 aliphatic rings. The van der Waals surface area contributed by atoms with Crippen LogP contribution in [0.5, 0.6) is 0 Å². The van der Waals surface area contributed by atoms with E-state index in [1.165, 1.54) is 21.0 Å². The molecule has 230 valence electrons. The second-order valence-corrected chi connectivity index (χ2v) is 11.0. The highest BCUT2D eigenvalue weighted by Crippen LogP contribution is 2.12. The Morgan fingerprint density at radius 3 is 1.90 bits per heavy atom. The molecule has 0 aliphatic heterocycles. The number of ether oxygens (including phenoxy) is 1. The van der Waals surface area contributed by atoms with Gasteiger partial charge in [0.1, 0.15) is 18.1 Å². The zero-order valence-electron chi connectivity index (χ0n) is 25.1. The molecule has 7 N–H and O–H groups in total. The third-order valence-corrected chi connectivity index (χ3v) is 6.61. The van der Waals surface area contributed by atoms with Crippen LogP contribution in [-0.2, 0) is 35.1 Å². The Kier molecular flexibility index (Phi) is 15.0. The van der Waals surface area contributed by atoms with E-state index < -0.39 is 65.9 Å². The summed E-state index contributed by atoms with van der Waals surface area (Å²) in [4.78, 5) is 62.6. The van der Waals surface area contributed by atoms with Crippen molar-refractivity contribution in [3.8, 4) is 0 Å². The third-order valence-electron chi connectivity index (χ3n) is 6.61. The molecule has 0 saturated heterocycles. The van der Waals surface area contributed by atoms with Gasteiger partial charge in [-0.15, -0.1) is 0 Å². The lowest BCUT2D eigenvalue weighted by molar-refractivity contribution is -0.146. The van der Waals surface area contributed by atoms with Gasteiger partial charge in [-0.05, 0) is 44.1 Å². The van der Waals surface area contributed by atoms with Crippen LogP contribution in [-0.4, -0.2) is 78.1 Å². The minimum Gasteiger partial charge on any atom is -0.467 e. The van der Waals surface area contributed by atoms with E-state index in [9.17, 15) is 29.1 Å². The van der Waals surface area contributed by atoms with Gasteiger partial charge < -0.3 is 36.8 Å².